The van der Waals surface area contributed by atoms with Gasteiger partial charge in [0, 0.05) is 18.8 Å². The molecule has 7 heteroatoms. The monoisotopic (exact) mass is 404 g/mol. The molecule has 0 aliphatic rings. The van der Waals surface area contributed by atoms with Crippen molar-refractivity contribution < 1.29 is 13.5 Å². The number of unbranched alkanes of at least 4 members (excludes halogenated alkanes) is 2. The van der Waals surface area contributed by atoms with Crippen molar-refractivity contribution in [1.82, 2.24) is 4.90 Å². The summed E-state index contributed by atoms with van der Waals surface area (Å²) in [4.78, 5) is 2.76. The summed E-state index contributed by atoms with van der Waals surface area (Å²) in [7, 11) is -3.95. The Morgan fingerprint density at radius 3 is 2.08 bits per heavy atom. The third-order valence-electron chi connectivity index (χ3n) is 4.04. The molecule has 0 heterocycles. The fourth-order valence-electron chi connectivity index (χ4n) is 2.27. The number of nitrogens with zero attached hydrogens (tertiary/aromatic N) is 1. The van der Waals surface area contributed by atoms with Gasteiger partial charge in [-0.05, 0) is 44.1 Å². The maximum absolute atomic E-state index is 12.3. The van der Waals surface area contributed by atoms with Gasteiger partial charge in [-0.2, -0.15) is 0 Å². The van der Waals surface area contributed by atoms with Crippen molar-refractivity contribution in [2.75, 3.05) is 18.8 Å². The number of hydrogen-bond acceptors (Lipinski definition) is 5. The van der Waals surface area contributed by atoms with E-state index in [2.05, 4.69) is 25.3 Å². The summed E-state index contributed by atoms with van der Waals surface area (Å²) in [6, 6.07) is 0. The van der Waals surface area contributed by atoms with Gasteiger partial charge >= 0.3 is 0 Å². The molecule has 0 radical (unpaired) electrons. The Morgan fingerprint density at radius 2 is 1.73 bits per heavy atom. The summed E-state index contributed by atoms with van der Waals surface area (Å²) in [6.45, 7) is 15.4. The number of primary sulfonamides is 1. The van der Waals surface area contributed by atoms with Crippen molar-refractivity contribution in [1.29, 1.82) is 0 Å². The van der Waals surface area contributed by atoms with Gasteiger partial charge in [0.1, 0.15) is 0 Å². The molecular weight excluding hydrogens is 368 g/mol. The second kappa shape index (κ2) is 12.6. The van der Waals surface area contributed by atoms with Crippen molar-refractivity contribution in [3.8, 4) is 0 Å². The molecule has 0 rings (SSSR count). The van der Waals surface area contributed by atoms with Crippen LogP contribution >= 0.6 is 11.8 Å². The van der Waals surface area contributed by atoms with Gasteiger partial charge in [-0.25, -0.2) is 13.6 Å². The van der Waals surface area contributed by atoms with E-state index < -0.39 is 16.1 Å². The molecular formula is C19H36N2O3S2. The van der Waals surface area contributed by atoms with Gasteiger partial charge < -0.3 is 10.0 Å². The second-order valence-electron chi connectivity index (χ2n) is 6.38. The van der Waals surface area contributed by atoms with Crippen LogP contribution in [0.2, 0.25) is 0 Å². The van der Waals surface area contributed by atoms with Gasteiger partial charge in [0.15, 0.2) is 0 Å². The topological polar surface area (TPSA) is 83.6 Å². The average Bonchev–Trinajstić information content (AvgIpc) is 2.56. The Hall–Kier alpha value is -0.760. The fraction of sp³-hybridized carbons (Fsp3) is 0.684. The van der Waals surface area contributed by atoms with E-state index in [1.807, 2.05) is 6.92 Å². The molecule has 0 spiro atoms. The highest BCUT2D eigenvalue weighted by molar-refractivity contribution is 8.04. The van der Waals surface area contributed by atoms with Crippen LogP contribution in [0.5, 0.6) is 0 Å². The Balaban J connectivity index is 6.20. The Kier molecular flexibility index (Phi) is 12.2. The molecule has 26 heavy (non-hydrogen) atoms. The maximum atomic E-state index is 12.3. The molecule has 0 aromatic rings. The van der Waals surface area contributed by atoms with Crippen LogP contribution in [0.4, 0.5) is 0 Å². The summed E-state index contributed by atoms with van der Waals surface area (Å²) in [6.07, 6.45) is 4.86. The largest absolute Gasteiger partial charge is 0.389 e. The predicted molar refractivity (Wildman–Crippen MR) is 114 cm³/mol. The van der Waals surface area contributed by atoms with Crippen molar-refractivity contribution in [2.45, 2.75) is 66.4 Å². The van der Waals surface area contributed by atoms with Crippen molar-refractivity contribution >= 4 is 21.8 Å². The molecule has 0 aromatic carbocycles. The zero-order valence-electron chi connectivity index (χ0n) is 16.9. The molecule has 0 saturated carbocycles. The highest BCUT2D eigenvalue weighted by atomic mass is 32.2. The quantitative estimate of drug-likeness (QED) is 0.454. The number of thioether (sulfide) groups is 1. The maximum Gasteiger partial charge on any atom is 0.239 e. The second-order valence-corrected chi connectivity index (χ2v) is 9.18. The molecule has 5 nitrogen and oxygen atoms in total. The Bertz CT molecular complexity index is 600. The first-order valence-electron chi connectivity index (χ1n) is 9.30. The minimum Gasteiger partial charge on any atom is -0.389 e. The Labute approximate surface area is 164 Å². The molecule has 0 aliphatic heterocycles. The number of rotatable bonds is 13. The van der Waals surface area contributed by atoms with Crippen LogP contribution in [0.15, 0.2) is 33.7 Å². The summed E-state index contributed by atoms with van der Waals surface area (Å²) in [5.41, 5.74) is 1.24. The molecule has 0 saturated heterocycles. The fourth-order valence-corrected chi connectivity index (χ4v) is 4.31. The molecule has 1 atom stereocenters. The molecule has 0 amide bonds. The number of allylic oxidation sites excluding steroid dienone is 1. The van der Waals surface area contributed by atoms with Gasteiger partial charge in [-0.15, -0.1) is 11.8 Å². The van der Waals surface area contributed by atoms with E-state index in [4.69, 9.17) is 5.14 Å². The van der Waals surface area contributed by atoms with Gasteiger partial charge in [-0.1, -0.05) is 40.2 Å². The van der Waals surface area contributed by atoms with Crippen LogP contribution in [-0.2, 0) is 10.0 Å². The van der Waals surface area contributed by atoms with E-state index >= 15 is 0 Å². The van der Waals surface area contributed by atoms with Gasteiger partial charge in [0.05, 0.1) is 15.9 Å². The smallest absolute Gasteiger partial charge is 0.239 e. The van der Waals surface area contributed by atoms with Crippen LogP contribution in [0.3, 0.4) is 0 Å². The van der Waals surface area contributed by atoms with E-state index in [-0.39, 0.29) is 4.91 Å². The molecule has 0 aliphatic carbocycles. The minimum absolute atomic E-state index is 0.0331. The lowest BCUT2D eigenvalue weighted by Gasteiger charge is -2.29. The predicted octanol–water partition coefficient (Wildman–Crippen LogP) is 3.98. The zero-order valence-corrected chi connectivity index (χ0v) is 18.5. The third-order valence-corrected chi connectivity index (χ3v) is 6.14. The normalized spacial score (nSPS) is 14.8. The van der Waals surface area contributed by atoms with Crippen LogP contribution < -0.4 is 5.14 Å². The highest BCUT2D eigenvalue weighted by Gasteiger charge is 2.22. The average molecular weight is 405 g/mol. The van der Waals surface area contributed by atoms with E-state index in [1.54, 1.807) is 13.8 Å². The first-order chi connectivity index (χ1) is 12.1. The van der Waals surface area contributed by atoms with Crippen molar-refractivity contribution in [3.05, 3.63) is 33.7 Å². The first kappa shape index (κ1) is 25.2. The zero-order chi connectivity index (χ0) is 20.3. The molecule has 152 valence electrons. The summed E-state index contributed by atoms with van der Waals surface area (Å²) >= 11 is 1.42. The highest BCUT2D eigenvalue weighted by Crippen LogP contribution is 2.32. The Morgan fingerprint density at radius 1 is 1.23 bits per heavy atom. The van der Waals surface area contributed by atoms with Crippen molar-refractivity contribution in [2.24, 2.45) is 5.14 Å². The number of aliphatic hydroxyl groups is 1. The van der Waals surface area contributed by atoms with Crippen LogP contribution in [0.1, 0.15) is 60.3 Å². The number of aliphatic hydroxyl groups excluding tert-OH is 1. The van der Waals surface area contributed by atoms with Gasteiger partial charge in [-0.3, -0.25) is 0 Å². The molecule has 0 fully saturated rings. The third kappa shape index (κ3) is 8.75. The van der Waals surface area contributed by atoms with E-state index in [0.29, 0.717) is 21.9 Å². The van der Waals surface area contributed by atoms with E-state index in [9.17, 15) is 13.5 Å². The number of nitrogens with two attached hydrogens (primary N) is 1. The van der Waals surface area contributed by atoms with Crippen molar-refractivity contribution in [3.63, 3.8) is 0 Å². The lowest BCUT2D eigenvalue weighted by Crippen LogP contribution is -2.27. The number of hydrogen-bond donors (Lipinski definition) is 2. The molecule has 0 aromatic heterocycles. The van der Waals surface area contributed by atoms with Gasteiger partial charge in [0.25, 0.3) is 0 Å². The summed E-state index contributed by atoms with van der Waals surface area (Å²) in [5, 5.41) is 15.3. The van der Waals surface area contributed by atoms with Crippen LogP contribution in [0.25, 0.3) is 0 Å². The summed E-state index contributed by atoms with van der Waals surface area (Å²) in [5.74, 6) is 0.699. The standard InChI is InChI=1S/C19H36N2O3S2/c1-7-10-12-21(13-11-8-2)16(5)19(25-9-3)18(26(20,23)24)14-15(4)17(6)22/h14,17,22H,5,7-13H2,1-4,6H3,(H2,20,23,24)/b15-14+,19-18-. The minimum atomic E-state index is -3.95. The van der Waals surface area contributed by atoms with E-state index in [1.165, 1.54) is 17.8 Å². The SMILES string of the molecule is C=C(/C(SCC)=C(\C=C(/C)C(C)O)S(N)(=O)=O)N(CCCC)CCCC. The first-order valence-corrected chi connectivity index (χ1v) is 11.8. The molecule has 1 unspecified atom stereocenters. The molecule has 3 N–H and O–H groups in total. The lowest BCUT2D eigenvalue weighted by atomic mass is 10.1. The van der Waals surface area contributed by atoms with Crippen LogP contribution in [-0.4, -0.2) is 43.4 Å². The van der Waals surface area contributed by atoms with Gasteiger partial charge in [0.2, 0.25) is 10.0 Å². The van der Waals surface area contributed by atoms with E-state index in [0.717, 1.165) is 38.8 Å². The number of sulfonamides is 1. The summed E-state index contributed by atoms with van der Waals surface area (Å²) < 4.78 is 24.6. The lowest BCUT2D eigenvalue weighted by molar-refractivity contribution is 0.231. The van der Waals surface area contributed by atoms with Crippen LogP contribution in [0, 0.1) is 0 Å². The molecule has 0 bridgehead atoms.